The van der Waals surface area contributed by atoms with E-state index in [0.717, 1.165) is 4.90 Å². The Hall–Kier alpha value is -1.20. The number of hydrogen-bond acceptors (Lipinski definition) is 3. The second kappa shape index (κ2) is 4.35. The van der Waals surface area contributed by atoms with Crippen LogP contribution in [0.25, 0.3) is 0 Å². The molecule has 0 aliphatic carbocycles. The molecule has 0 saturated carbocycles. The number of carboxylic acid groups (broad SMARTS) is 1. The number of hydrogen-bond donors (Lipinski definition) is 1. The van der Waals surface area contributed by atoms with Gasteiger partial charge in [-0.25, -0.2) is 4.79 Å². The Morgan fingerprint density at radius 3 is 2.88 bits per heavy atom. The number of anilines is 1. The molecule has 0 spiro atoms. The van der Waals surface area contributed by atoms with E-state index in [-0.39, 0.29) is 0 Å². The van der Waals surface area contributed by atoms with Crippen molar-refractivity contribution in [2.75, 3.05) is 17.2 Å². The molecule has 1 aliphatic rings. The van der Waals surface area contributed by atoms with Crippen molar-refractivity contribution in [2.24, 2.45) is 0 Å². The lowest BCUT2D eigenvalue weighted by atomic mass is 10.2. The Labute approximate surface area is 101 Å². The SMILES string of the molecule is O=C(O)C(=O)N1CCSc2ccc(Cl)cc21. The van der Waals surface area contributed by atoms with Gasteiger partial charge >= 0.3 is 11.9 Å². The van der Waals surface area contributed by atoms with E-state index in [0.29, 0.717) is 23.0 Å². The zero-order chi connectivity index (χ0) is 11.7. The van der Waals surface area contributed by atoms with Crippen molar-refractivity contribution in [3.05, 3.63) is 23.2 Å². The molecule has 0 aromatic heterocycles. The molecule has 0 unspecified atom stereocenters. The number of fused-ring (bicyclic) bond motifs is 1. The van der Waals surface area contributed by atoms with Crippen molar-refractivity contribution in [3.63, 3.8) is 0 Å². The predicted octanol–water partition coefficient (Wildman–Crippen LogP) is 1.86. The van der Waals surface area contributed by atoms with E-state index in [4.69, 9.17) is 16.7 Å². The molecule has 1 heterocycles. The first-order valence-corrected chi connectivity index (χ1v) is 5.93. The topological polar surface area (TPSA) is 57.6 Å². The van der Waals surface area contributed by atoms with Crippen LogP contribution in [0.3, 0.4) is 0 Å². The van der Waals surface area contributed by atoms with Crippen molar-refractivity contribution < 1.29 is 14.7 Å². The van der Waals surface area contributed by atoms with Gasteiger partial charge in [0.1, 0.15) is 0 Å². The van der Waals surface area contributed by atoms with E-state index in [2.05, 4.69) is 0 Å². The van der Waals surface area contributed by atoms with Gasteiger partial charge in [0.15, 0.2) is 0 Å². The molecule has 4 nitrogen and oxygen atoms in total. The van der Waals surface area contributed by atoms with Crippen LogP contribution >= 0.6 is 23.4 Å². The molecule has 16 heavy (non-hydrogen) atoms. The molecule has 0 fully saturated rings. The number of aliphatic carboxylic acids is 1. The molecule has 1 aromatic rings. The average molecular weight is 258 g/mol. The van der Waals surface area contributed by atoms with Crippen LogP contribution in [-0.2, 0) is 9.59 Å². The molecule has 6 heteroatoms. The Morgan fingerprint density at radius 2 is 2.19 bits per heavy atom. The standard InChI is InChI=1S/C10H8ClNO3S/c11-6-1-2-8-7(5-6)12(3-4-16-8)9(13)10(14)15/h1-2,5H,3-4H2,(H,14,15). The van der Waals surface area contributed by atoms with E-state index < -0.39 is 11.9 Å². The predicted molar refractivity (Wildman–Crippen MR) is 62.2 cm³/mol. The highest BCUT2D eigenvalue weighted by atomic mass is 35.5. The van der Waals surface area contributed by atoms with Crippen LogP contribution in [0, 0.1) is 0 Å². The number of rotatable bonds is 0. The fourth-order valence-corrected chi connectivity index (χ4v) is 2.66. The quantitative estimate of drug-likeness (QED) is 0.721. The van der Waals surface area contributed by atoms with E-state index in [1.165, 1.54) is 4.90 Å². The summed E-state index contributed by atoms with van der Waals surface area (Å²) in [5.41, 5.74) is 0.580. The Kier molecular flexibility index (Phi) is 3.07. The Balaban J connectivity index is 2.43. The number of halogens is 1. The minimum Gasteiger partial charge on any atom is -0.474 e. The molecule has 1 aromatic carbocycles. The van der Waals surface area contributed by atoms with Crippen LogP contribution in [0.1, 0.15) is 0 Å². The summed E-state index contributed by atoms with van der Waals surface area (Å²) in [7, 11) is 0. The van der Waals surface area contributed by atoms with Crippen molar-refractivity contribution in [1.82, 2.24) is 0 Å². The Morgan fingerprint density at radius 1 is 1.44 bits per heavy atom. The maximum Gasteiger partial charge on any atom is 0.394 e. The average Bonchev–Trinajstić information content (AvgIpc) is 2.27. The summed E-state index contributed by atoms with van der Waals surface area (Å²) in [6.45, 7) is 0.392. The lowest BCUT2D eigenvalue weighted by Gasteiger charge is -2.27. The number of carbonyl (C=O) groups excluding carboxylic acids is 1. The highest BCUT2D eigenvalue weighted by Gasteiger charge is 2.27. The molecule has 1 N–H and O–H groups in total. The van der Waals surface area contributed by atoms with Crippen molar-refractivity contribution in [3.8, 4) is 0 Å². The van der Waals surface area contributed by atoms with Crippen molar-refractivity contribution in [2.45, 2.75) is 4.90 Å². The summed E-state index contributed by atoms with van der Waals surface area (Å²) < 4.78 is 0. The fourth-order valence-electron chi connectivity index (χ4n) is 1.52. The van der Waals surface area contributed by atoms with Gasteiger partial charge in [-0.3, -0.25) is 4.79 Å². The first-order chi connectivity index (χ1) is 7.59. The Bertz CT molecular complexity index is 463. The molecule has 1 aliphatic heterocycles. The molecule has 0 atom stereocenters. The number of carbonyl (C=O) groups is 2. The van der Waals surface area contributed by atoms with E-state index >= 15 is 0 Å². The van der Waals surface area contributed by atoms with Crippen LogP contribution in [0.4, 0.5) is 5.69 Å². The van der Waals surface area contributed by atoms with Crippen molar-refractivity contribution in [1.29, 1.82) is 0 Å². The molecule has 1 amide bonds. The third-order valence-corrected chi connectivity index (χ3v) is 3.49. The van der Waals surface area contributed by atoms with Gasteiger partial charge in [0.2, 0.25) is 0 Å². The maximum atomic E-state index is 11.4. The smallest absolute Gasteiger partial charge is 0.394 e. The van der Waals surface area contributed by atoms with Gasteiger partial charge in [-0.15, -0.1) is 11.8 Å². The lowest BCUT2D eigenvalue weighted by molar-refractivity contribution is -0.148. The van der Waals surface area contributed by atoms with E-state index in [1.807, 2.05) is 0 Å². The van der Waals surface area contributed by atoms with Gasteiger partial charge in [0, 0.05) is 22.2 Å². The lowest BCUT2D eigenvalue weighted by Crippen LogP contribution is -2.39. The molecule has 0 radical (unpaired) electrons. The van der Waals surface area contributed by atoms with Crippen molar-refractivity contribution >= 4 is 40.9 Å². The number of benzene rings is 1. The van der Waals surface area contributed by atoms with E-state index in [9.17, 15) is 9.59 Å². The fraction of sp³-hybridized carbons (Fsp3) is 0.200. The molecular formula is C10H8ClNO3S. The molecule has 84 valence electrons. The second-order valence-electron chi connectivity index (χ2n) is 3.22. The van der Waals surface area contributed by atoms with Gasteiger partial charge < -0.3 is 10.0 Å². The van der Waals surface area contributed by atoms with E-state index in [1.54, 1.807) is 30.0 Å². The third kappa shape index (κ3) is 2.01. The molecule has 0 saturated heterocycles. The zero-order valence-corrected chi connectivity index (χ0v) is 9.72. The summed E-state index contributed by atoms with van der Waals surface area (Å²) >= 11 is 7.42. The summed E-state index contributed by atoms with van der Waals surface area (Å²) in [6, 6.07) is 5.13. The zero-order valence-electron chi connectivity index (χ0n) is 8.14. The molecule has 2 rings (SSSR count). The first kappa shape index (κ1) is 11.3. The normalized spacial score (nSPS) is 14.4. The van der Waals surface area contributed by atoms with Gasteiger partial charge in [-0.2, -0.15) is 0 Å². The number of nitrogens with zero attached hydrogens (tertiary/aromatic N) is 1. The summed E-state index contributed by atoms with van der Waals surface area (Å²) in [5, 5.41) is 9.19. The molecule has 0 bridgehead atoms. The van der Waals surface area contributed by atoms with Crippen LogP contribution in [0.2, 0.25) is 5.02 Å². The minimum absolute atomic E-state index is 0.392. The van der Waals surface area contributed by atoms with Crippen LogP contribution in [0.5, 0.6) is 0 Å². The van der Waals surface area contributed by atoms with Crippen LogP contribution in [-0.4, -0.2) is 29.3 Å². The largest absolute Gasteiger partial charge is 0.474 e. The van der Waals surface area contributed by atoms with Crippen LogP contribution in [0.15, 0.2) is 23.1 Å². The van der Waals surface area contributed by atoms with Gasteiger partial charge in [-0.05, 0) is 18.2 Å². The number of thioether (sulfide) groups is 1. The summed E-state index contributed by atoms with van der Waals surface area (Å²) in [6.07, 6.45) is 0. The number of amides is 1. The monoisotopic (exact) mass is 257 g/mol. The van der Waals surface area contributed by atoms with Gasteiger partial charge in [0.05, 0.1) is 5.69 Å². The first-order valence-electron chi connectivity index (χ1n) is 4.57. The summed E-state index contributed by atoms with van der Waals surface area (Å²) in [4.78, 5) is 24.2. The van der Waals surface area contributed by atoms with Gasteiger partial charge in [0.25, 0.3) is 0 Å². The maximum absolute atomic E-state index is 11.4. The summed E-state index contributed by atoms with van der Waals surface area (Å²) in [5.74, 6) is -1.67. The highest BCUT2D eigenvalue weighted by molar-refractivity contribution is 7.99. The second-order valence-corrected chi connectivity index (χ2v) is 4.80. The minimum atomic E-state index is -1.45. The highest BCUT2D eigenvalue weighted by Crippen LogP contribution is 2.36. The molecular weight excluding hydrogens is 250 g/mol. The number of carboxylic acids is 1. The van der Waals surface area contributed by atoms with Gasteiger partial charge in [-0.1, -0.05) is 11.6 Å². The third-order valence-electron chi connectivity index (χ3n) is 2.21. The van der Waals surface area contributed by atoms with Crippen LogP contribution < -0.4 is 4.90 Å².